The van der Waals surface area contributed by atoms with E-state index in [9.17, 15) is 0 Å². The molecule has 254 valence electrons. The first-order valence-corrected chi connectivity index (χ1v) is 19.3. The van der Waals surface area contributed by atoms with E-state index in [2.05, 4.69) is 121 Å². The summed E-state index contributed by atoms with van der Waals surface area (Å²) < 4.78 is 2.30. The predicted octanol–water partition coefficient (Wildman–Crippen LogP) is 12.8. The van der Waals surface area contributed by atoms with Crippen LogP contribution in [0.1, 0.15) is 0 Å². The second-order valence-corrected chi connectivity index (χ2v) is 15.0. The Labute approximate surface area is 320 Å². The summed E-state index contributed by atoms with van der Waals surface area (Å²) in [5, 5.41) is 1.90. The van der Waals surface area contributed by atoms with E-state index in [-0.39, 0.29) is 0 Å². The van der Waals surface area contributed by atoms with Gasteiger partial charge in [0, 0.05) is 27.8 Å². The maximum Gasteiger partial charge on any atom is 0.164 e. The minimum atomic E-state index is 0.589. The van der Waals surface area contributed by atoms with E-state index < -0.39 is 0 Å². The highest BCUT2D eigenvalue weighted by molar-refractivity contribution is 7.22. The highest BCUT2D eigenvalue weighted by Gasteiger charge is 2.18. The van der Waals surface area contributed by atoms with Crippen LogP contribution in [-0.4, -0.2) is 24.9 Å². The van der Waals surface area contributed by atoms with Gasteiger partial charge in [0.25, 0.3) is 0 Å². The van der Waals surface area contributed by atoms with Gasteiger partial charge >= 0.3 is 0 Å². The first-order valence-electron chi connectivity index (χ1n) is 17.7. The Morgan fingerprint density at radius 3 is 1.02 bits per heavy atom. The number of benzene rings is 7. The molecule has 0 atom stereocenters. The lowest BCUT2D eigenvalue weighted by Gasteiger charge is -2.13. The highest BCUT2D eigenvalue weighted by Crippen LogP contribution is 2.39. The van der Waals surface area contributed by atoms with Crippen LogP contribution in [0.4, 0.5) is 0 Å². The molecule has 10 aromatic rings. The molecule has 0 amide bonds. The summed E-state index contributed by atoms with van der Waals surface area (Å²) >= 11 is 3.38. The van der Waals surface area contributed by atoms with E-state index in [1.165, 1.54) is 0 Å². The van der Waals surface area contributed by atoms with E-state index in [0.29, 0.717) is 17.5 Å². The molecule has 0 radical (unpaired) electrons. The Kier molecular flexibility index (Phi) is 8.13. The average Bonchev–Trinajstić information content (AvgIpc) is 3.90. The summed E-state index contributed by atoms with van der Waals surface area (Å²) in [5.74, 6) is 1.78. The monoisotopic (exact) mass is 727 g/mol. The van der Waals surface area contributed by atoms with Gasteiger partial charge in [-0.3, -0.25) is 0 Å². The molecule has 3 heterocycles. The van der Waals surface area contributed by atoms with Crippen LogP contribution >= 0.6 is 22.7 Å². The zero-order valence-electron chi connectivity index (χ0n) is 28.8. The first-order chi connectivity index (χ1) is 26.7. The smallest absolute Gasteiger partial charge is 0.164 e. The van der Waals surface area contributed by atoms with E-state index in [0.717, 1.165) is 80.5 Å². The van der Waals surface area contributed by atoms with Crippen LogP contribution in [0.25, 0.3) is 98.0 Å². The molecule has 54 heavy (non-hydrogen) atoms. The first kappa shape index (κ1) is 32.0. The summed E-state index contributed by atoms with van der Waals surface area (Å²) in [5.41, 5.74) is 11.0. The van der Waals surface area contributed by atoms with Crippen molar-refractivity contribution in [3.8, 4) is 77.6 Å². The minimum Gasteiger partial charge on any atom is -0.236 e. The number of hydrogen-bond donors (Lipinski definition) is 0. The van der Waals surface area contributed by atoms with Crippen LogP contribution in [0.15, 0.2) is 176 Å². The van der Waals surface area contributed by atoms with Crippen LogP contribution < -0.4 is 0 Å². The molecule has 0 unspecified atom stereocenters. The number of aromatic nitrogens is 5. The summed E-state index contributed by atoms with van der Waals surface area (Å²) in [6, 6.07) is 60.6. The van der Waals surface area contributed by atoms with E-state index in [1.807, 2.05) is 54.6 Å². The van der Waals surface area contributed by atoms with Crippen LogP contribution in [0.5, 0.6) is 0 Å². The van der Waals surface area contributed by atoms with Crippen molar-refractivity contribution in [1.29, 1.82) is 0 Å². The Hall–Kier alpha value is -6.67. The lowest BCUT2D eigenvalue weighted by Crippen LogP contribution is -2.01. The topological polar surface area (TPSA) is 64.5 Å². The van der Waals surface area contributed by atoms with Crippen LogP contribution in [0, 0.1) is 0 Å². The molecule has 0 saturated carbocycles. The predicted molar refractivity (Wildman–Crippen MR) is 224 cm³/mol. The fourth-order valence-electron chi connectivity index (χ4n) is 6.70. The number of thiazole rings is 2. The summed E-state index contributed by atoms with van der Waals surface area (Å²) in [4.78, 5) is 25.6. The Balaban J connectivity index is 1.20. The third kappa shape index (κ3) is 6.26. The van der Waals surface area contributed by atoms with Crippen LogP contribution in [0.2, 0.25) is 0 Å². The van der Waals surface area contributed by atoms with Gasteiger partial charge in [0.05, 0.1) is 20.4 Å². The molecule has 0 bridgehead atoms. The maximum absolute atomic E-state index is 5.27. The third-order valence-corrected chi connectivity index (χ3v) is 11.5. The number of fused-ring (bicyclic) bond motifs is 2. The van der Waals surface area contributed by atoms with Gasteiger partial charge in [-0.05, 0) is 82.9 Å². The minimum absolute atomic E-state index is 0.589. The van der Waals surface area contributed by atoms with Crippen molar-refractivity contribution in [2.24, 2.45) is 0 Å². The molecular formula is C47H29N5S2. The lowest BCUT2D eigenvalue weighted by atomic mass is 9.98. The molecule has 0 spiro atoms. The van der Waals surface area contributed by atoms with Gasteiger partial charge in [0.1, 0.15) is 10.0 Å². The van der Waals surface area contributed by atoms with Crippen molar-refractivity contribution < 1.29 is 0 Å². The van der Waals surface area contributed by atoms with Gasteiger partial charge in [-0.25, -0.2) is 24.9 Å². The SMILES string of the molecule is c1ccc(-c2cc(-c3nc(-c4ccccc4)nc(-c4cc(-c5ccccc5)cc(-c5nc6ccccc6s5)c4)n3)cc(-c3nc4ccccc4s3)c2)cc1. The zero-order valence-corrected chi connectivity index (χ0v) is 30.4. The molecule has 0 N–H and O–H groups in total. The Bertz CT molecular complexity index is 2690. The second-order valence-electron chi connectivity index (χ2n) is 13.0. The van der Waals surface area contributed by atoms with Crippen molar-refractivity contribution in [2.45, 2.75) is 0 Å². The summed E-state index contributed by atoms with van der Waals surface area (Å²) in [6.07, 6.45) is 0. The quantitative estimate of drug-likeness (QED) is 0.164. The second kappa shape index (κ2) is 13.7. The van der Waals surface area contributed by atoms with Gasteiger partial charge < -0.3 is 0 Å². The van der Waals surface area contributed by atoms with E-state index in [4.69, 9.17) is 24.9 Å². The van der Waals surface area contributed by atoms with Crippen LogP contribution in [0.3, 0.4) is 0 Å². The molecule has 5 nitrogen and oxygen atoms in total. The van der Waals surface area contributed by atoms with Gasteiger partial charge in [0.2, 0.25) is 0 Å². The number of para-hydroxylation sites is 2. The fraction of sp³-hybridized carbons (Fsp3) is 0. The molecule has 0 aliphatic rings. The van der Waals surface area contributed by atoms with E-state index in [1.54, 1.807) is 22.7 Å². The van der Waals surface area contributed by atoms with E-state index >= 15 is 0 Å². The number of nitrogens with zero attached hydrogens (tertiary/aromatic N) is 5. The molecule has 0 aliphatic carbocycles. The summed E-state index contributed by atoms with van der Waals surface area (Å²) in [6.45, 7) is 0. The Morgan fingerprint density at radius 2 is 0.593 bits per heavy atom. The number of hydrogen-bond acceptors (Lipinski definition) is 7. The van der Waals surface area contributed by atoms with Crippen molar-refractivity contribution in [3.05, 3.63) is 176 Å². The molecule has 0 fully saturated rings. The summed E-state index contributed by atoms with van der Waals surface area (Å²) in [7, 11) is 0. The zero-order chi connectivity index (χ0) is 35.8. The lowest BCUT2D eigenvalue weighted by molar-refractivity contribution is 1.07. The standard InChI is InChI=1S/C47H29N5S2/c1-4-14-30(15-5-1)33-24-35(28-37(26-33)46-48-39-20-10-12-22-41(39)53-46)44-50-43(32-18-8-3-9-19-32)51-45(52-44)36-25-34(31-16-6-2-7-17-31)27-38(29-36)47-49-40-21-11-13-23-42(40)54-47/h1-29H. The fourth-order valence-corrected chi connectivity index (χ4v) is 8.60. The molecule has 0 aliphatic heterocycles. The molecule has 10 rings (SSSR count). The van der Waals surface area contributed by atoms with Gasteiger partial charge in [-0.15, -0.1) is 22.7 Å². The Morgan fingerprint density at radius 1 is 0.259 bits per heavy atom. The van der Waals surface area contributed by atoms with Gasteiger partial charge in [0.15, 0.2) is 17.5 Å². The third-order valence-electron chi connectivity index (χ3n) is 9.35. The average molecular weight is 728 g/mol. The number of rotatable bonds is 7. The van der Waals surface area contributed by atoms with Crippen molar-refractivity contribution in [2.75, 3.05) is 0 Å². The highest BCUT2D eigenvalue weighted by atomic mass is 32.1. The van der Waals surface area contributed by atoms with Crippen LogP contribution in [-0.2, 0) is 0 Å². The largest absolute Gasteiger partial charge is 0.236 e. The van der Waals surface area contributed by atoms with Gasteiger partial charge in [-0.1, -0.05) is 115 Å². The van der Waals surface area contributed by atoms with Gasteiger partial charge in [-0.2, -0.15) is 0 Å². The van der Waals surface area contributed by atoms with Crippen molar-refractivity contribution in [1.82, 2.24) is 24.9 Å². The molecule has 7 heteroatoms. The molecule has 0 saturated heterocycles. The maximum atomic E-state index is 5.27. The van der Waals surface area contributed by atoms with Crippen molar-refractivity contribution in [3.63, 3.8) is 0 Å². The van der Waals surface area contributed by atoms with Crippen molar-refractivity contribution >= 4 is 43.1 Å². The molecule has 7 aromatic carbocycles. The molecule has 3 aromatic heterocycles. The molecular weight excluding hydrogens is 699 g/mol. The normalized spacial score (nSPS) is 11.3.